The molecule has 158 valence electrons. The summed E-state index contributed by atoms with van der Waals surface area (Å²) in [6, 6.07) is 13.1. The maximum atomic E-state index is 12.9. The fourth-order valence-electron chi connectivity index (χ4n) is 3.18. The number of rotatable bonds is 6. The molecule has 0 atom stereocenters. The molecule has 3 rings (SSSR count). The quantitative estimate of drug-likeness (QED) is 0.348. The van der Waals surface area contributed by atoms with Crippen LogP contribution in [0.3, 0.4) is 0 Å². The molecule has 0 spiro atoms. The smallest absolute Gasteiger partial charge is 0.340 e. The molecule has 0 saturated heterocycles. The molecule has 3 aromatic rings. The van der Waals surface area contributed by atoms with Gasteiger partial charge in [0.25, 0.3) is 5.91 Å². The van der Waals surface area contributed by atoms with Crippen molar-refractivity contribution in [1.82, 2.24) is 9.78 Å². The Labute approximate surface area is 184 Å². The third-order valence-corrected chi connectivity index (χ3v) is 5.91. The summed E-state index contributed by atoms with van der Waals surface area (Å²) < 4.78 is 6.68. The van der Waals surface area contributed by atoms with Gasteiger partial charge in [-0.1, -0.05) is 30.3 Å². The summed E-state index contributed by atoms with van der Waals surface area (Å²) in [5.74, 6) is -1.16. The third-order valence-electron chi connectivity index (χ3n) is 4.81. The fraction of sp³-hybridized carbons (Fsp3) is 0.217. The van der Waals surface area contributed by atoms with E-state index in [0.29, 0.717) is 11.5 Å². The second kappa shape index (κ2) is 9.41. The fourth-order valence-corrected chi connectivity index (χ4v) is 4.23. The molecule has 1 amide bonds. The Morgan fingerprint density at radius 1 is 1.29 bits per heavy atom. The van der Waals surface area contributed by atoms with E-state index in [0.717, 1.165) is 27.4 Å². The average molecular weight is 435 g/mol. The normalized spacial score (nSPS) is 11.1. The lowest BCUT2D eigenvalue weighted by molar-refractivity contribution is -0.112. The lowest BCUT2D eigenvalue weighted by atomic mass is 10.1. The molecule has 0 unspecified atom stereocenters. The Morgan fingerprint density at radius 2 is 2.00 bits per heavy atom. The van der Waals surface area contributed by atoms with Crippen LogP contribution in [0.1, 0.15) is 34.2 Å². The van der Waals surface area contributed by atoms with Crippen molar-refractivity contribution in [1.29, 1.82) is 5.26 Å². The highest BCUT2D eigenvalue weighted by Crippen LogP contribution is 2.36. The second-order valence-electron chi connectivity index (χ2n) is 6.74. The molecule has 0 bridgehead atoms. The lowest BCUT2D eigenvalue weighted by Crippen LogP contribution is -2.15. The first kappa shape index (κ1) is 22.0. The van der Waals surface area contributed by atoms with Crippen LogP contribution in [0.15, 0.2) is 42.0 Å². The number of benzene rings is 1. The van der Waals surface area contributed by atoms with Crippen LogP contribution >= 0.6 is 11.3 Å². The Hall–Kier alpha value is -3.70. The highest BCUT2D eigenvalue weighted by molar-refractivity contribution is 7.20. The molecule has 7 nitrogen and oxygen atoms in total. The zero-order valence-corrected chi connectivity index (χ0v) is 18.5. The summed E-state index contributed by atoms with van der Waals surface area (Å²) in [6.07, 6.45) is 1.53. The number of esters is 1. The number of nitrogens with zero attached hydrogens (tertiary/aromatic N) is 3. The summed E-state index contributed by atoms with van der Waals surface area (Å²) in [5.41, 5.74) is 3.41. The van der Waals surface area contributed by atoms with E-state index in [-0.39, 0.29) is 11.1 Å². The van der Waals surface area contributed by atoms with Gasteiger partial charge in [0, 0.05) is 22.7 Å². The van der Waals surface area contributed by atoms with Gasteiger partial charge in [-0.05, 0) is 38.5 Å². The minimum Gasteiger partial charge on any atom is -0.465 e. The first-order valence-electron chi connectivity index (χ1n) is 9.64. The van der Waals surface area contributed by atoms with Gasteiger partial charge in [0.15, 0.2) is 0 Å². The number of carbonyl (C=O) groups excluding carboxylic acids is 2. The molecule has 0 aliphatic heterocycles. The van der Waals surface area contributed by atoms with E-state index in [1.807, 2.05) is 61.9 Å². The van der Waals surface area contributed by atoms with E-state index in [2.05, 4.69) is 10.4 Å². The van der Waals surface area contributed by atoms with E-state index >= 15 is 0 Å². The van der Waals surface area contributed by atoms with Crippen LogP contribution in [0.4, 0.5) is 5.00 Å². The first-order valence-corrected chi connectivity index (χ1v) is 10.5. The maximum Gasteiger partial charge on any atom is 0.340 e. The van der Waals surface area contributed by atoms with Crippen LogP contribution < -0.4 is 5.32 Å². The molecule has 0 saturated carbocycles. The van der Waals surface area contributed by atoms with Gasteiger partial charge in [0.2, 0.25) is 0 Å². The number of nitriles is 1. The number of hydrogen-bond donors (Lipinski definition) is 1. The molecule has 8 heteroatoms. The molecule has 2 heterocycles. The summed E-state index contributed by atoms with van der Waals surface area (Å²) in [4.78, 5) is 25.9. The number of carbonyl (C=O) groups is 2. The molecule has 0 fully saturated rings. The highest BCUT2D eigenvalue weighted by Gasteiger charge is 2.21. The van der Waals surface area contributed by atoms with Crippen molar-refractivity contribution in [2.45, 2.75) is 27.3 Å². The monoisotopic (exact) mass is 434 g/mol. The average Bonchev–Trinajstić information content (AvgIpc) is 3.32. The first-order chi connectivity index (χ1) is 14.9. The zero-order valence-electron chi connectivity index (χ0n) is 17.7. The van der Waals surface area contributed by atoms with Crippen LogP contribution in [0, 0.1) is 25.2 Å². The number of ether oxygens (including phenoxy) is 1. The van der Waals surface area contributed by atoms with E-state index in [9.17, 15) is 14.9 Å². The van der Waals surface area contributed by atoms with Gasteiger partial charge >= 0.3 is 5.97 Å². The third kappa shape index (κ3) is 4.57. The van der Waals surface area contributed by atoms with Gasteiger partial charge in [-0.15, -0.1) is 11.3 Å². The number of thiophene rings is 1. The topological polar surface area (TPSA) is 97.0 Å². The number of methoxy groups -OCH3 is 1. The van der Waals surface area contributed by atoms with Crippen molar-refractivity contribution >= 4 is 34.3 Å². The maximum absolute atomic E-state index is 12.9. The number of hydrogen-bond acceptors (Lipinski definition) is 6. The SMILES string of the molecule is CCn1nc(C)c(/C=C(\C#N)C(=O)Nc2sc(-c3ccccc3)cc2C(=O)OC)c1C. The number of aromatic nitrogens is 2. The molecule has 0 aliphatic rings. The van der Waals surface area contributed by atoms with Gasteiger partial charge in [-0.3, -0.25) is 9.48 Å². The van der Waals surface area contributed by atoms with Crippen molar-refractivity contribution in [2.75, 3.05) is 12.4 Å². The van der Waals surface area contributed by atoms with E-state index < -0.39 is 11.9 Å². The van der Waals surface area contributed by atoms with Gasteiger partial charge in [-0.25, -0.2) is 4.79 Å². The van der Waals surface area contributed by atoms with Gasteiger partial charge < -0.3 is 10.1 Å². The largest absolute Gasteiger partial charge is 0.465 e. The van der Waals surface area contributed by atoms with Crippen LogP contribution in [-0.2, 0) is 16.1 Å². The molecule has 0 radical (unpaired) electrons. The Kier molecular flexibility index (Phi) is 6.68. The molecule has 1 N–H and O–H groups in total. The number of anilines is 1. The van der Waals surface area contributed by atoms with Crippen LogP contribution in [0.25, 0.3) is 16.5 Å². The molecule has 0 aliphatic carbocycles. The highest BCUT2D eigenvalue weighted by atomic mass is 32.1. The zero-order chi connectivity index (χ0) is 22.5. The Bertz CT molecular complexity index is 1200. The van der Waals surface area contributed by atoms with Crippen molar-refractivity contribution in [3.8, 4) is 16.5 Å². The summed E-state index contributed by atoms with van der Waals surface area (Å²) in [6.45, 7) is 6.39. The standard InChI is InChI=1S/C23H22N4O3S/c1-5-27-15(3)18(14(2)26-27)11-17(13-24)21(28)25-22-19(23(29)30-4)12-20(31-22)16-9-7-6-8-10-16/h6-12H,5H2,1-4H3,(H,25,28)/b17-11+. The Balaban J connectivity index is 1.96. The van der Waals surface area contributed by atoms with Gasteiger partial charge in [-0.2, -0.15) is 10.4 Å². The van der Waals surface area contributed by atoms with Crippen molar-refractivity contribution in [3.05, 3.63) is 64.5 Å². The van der Waals surface area contributed by atoms with Crippen LogP contribution in [-0.4, -0.2) is 28.8 Å². The lowest BCUT2D eigenvalue weighted by Gasteiger charge is -2.05. The number of nitrogens with one attached hydrogen (secondary N) is 1. The predicted molar refractivity (Wildman–Crippen MR) is 121 cm³/mol. The predicted octanol–water partition coefficient (Wildman–Crippen LogP) is 4.58. The number of aryl methyl sites for hydroxylation is 2. The number of amides is 1. The van der Waals surface area contributed by atoms with Crippen LogP contribution in [0.2, 0.25) is 0 Å². The Morgan fingerprint density at radius 3 is 2.58 bits per heavy atom. The molecular weight excluding hydrogens is 412 g/mol. The van der Waals surface area contributed by atoms with Crippen molar-refractivity contribution in [2.24, 2.45) is 0 Å². The van der Waals surface area contributed by atoms with Crippen molar-refractivity contribution < 1.29 is 14.3 Å². The van der Waals surface area contributed by atoms with E-state index in [4.69, 9.17) is 4.74 Å². The summed E-state index contributed by atoms with van der Waals surface area (Å²) in [5, 5.41) is 17.0. The van der Waals surface area contributed by atoms with Gasteiger partial charge in [0.05, 0.1) is 18.4 Å². The second-order valence-corrected chi connectivity index (χ2v) is 7.79. The molecule has 31 heavy (non-hydrogen) atoms. The minimum absolute atomic E-state index is 0.0765. The van der Waals surface area contributed by atoms with E-state index in [1.54, 1.807) is 6.07 Å². The van der Waals surface area contributed by atoms with Gasteiger partial charge in [0.1, 0.15) is 16.6 Å². The summed E-state index contributed by atoms with van der Waals surface area (Å²) >= 11 is 1.25. The molecule has 2 aromatic heterocycles. The molecular formula is C23H22N4O3S. The minimum atomic E-state index is -0.600. The molecule has 1 aromatic carbocycles. The van der Waals surface area contributed by atoms with Crippen molar-refractivity contribution in [3.63, 3.8) is 0 Å². The van der Waals surface area contributed by atoms with E-state index in [1.165, 1.54) is 24.5 Å². The van der Waals surface area contributed by atoms with Crippen LogP contribution in [0.5, 0.6) is 0 Å². The summed E-state index contributed by atoms with van der Waals surface area (Å²) in [7, 11) is 1.28.